The lowest BCUT2D eigenvalue weighted by atomic mass is 10.1. The SMILES string of the molecule is O=C(Nc1cccc(C2SCCS2)c1)c1ccc(Br)cc1O. The van der Waals surface area contributed by atoms with Gasteiger partial charge in [0.05, 0.1) is 10.1 Å². The molecule has 3 rings (SSSR count). The molecule has 0 bridgehead atoms. The van der Waals surface area contributed by atoms with E-state index in [1.54, 1.807) is 12.1 Å². The number of phenols is 1. The second-order valence-corrected chi connectivity index (χ2v) is 8.45. The van der Waals surface area contributed by atoms with Crippen LogP contribution in [0, 0.1) is 0 Å². The van der Waals surface area contributed by atoms with Crippen LogP contribution >= 0.6 is 39.5 Å². The fourth-order valence-electron chi connectivity index (χ4n) is 2.21. The molecule has 1 fully saturated rings. The summed E-state index contributed by atoms with van der Waals surface area (Å²) in [6, 6.07) is 12.7. The summed E-state index contributed by atoms with van der Waals surface area (Å²) in [6.07, 6.45) is 0. The second-order valence-electron chi connectivity index (χ2n) is 4.81. The molecule has 2 aromatic rings. The topological polar surface area (TPSA) is 49.3 Å². The zero-order valence-electron chi connectivity index (χ0n) is 11.6. The number of aromatic hydroxyl groups is 1. The third-order valence-electron chi connectivity index (χ3n) is 3.24. The number of carbonyl (C=O) groups excluding carboxylic acids is 1. The molecule has 1 heterocycles. The molecule has 3 nitrogen and oxygen atoms in total. The lowest BCUT2D eigenvalue weighted by molar-refractivity contribution is 0.102. The van der Waals surface area contributed by atoms with Crippen molar-refractivity contribution in [2.45, 2.75) is 4.58 Å². The van der Waals surface area contributed by atoms with Gasteiger partial charge < -0.3 is 10.4 Å². The molecule has 1 aliphatic rings. The van der Waals surface area contributed by atoms with Crippen molar-refractivity contribution in [3.05, 3.63) is 58.1 Å². The molecule has 0 unspecified atom stereocenters. The highest BCUT2D eigenvalue weighted by Crippen LogP contribution is 2.45. The Labute approximate surface area is 146 Å². The molecule has 6 heteroatoms. The predicted molar refractivity (Wildman–Crippen MR) is 97.9 cm³/mol. The maximum absolute atomic E-state index is 12.3. The molecular formula is C16H14BrNO2S2. The van der Waals surface area contributed by atoms with Crippen LogP contribution in [0.1, 0.15) is 20.5 Å². The van der Waals surface area contributed by atoms with Crippen LogP contribution in [0.3, 0.4) is 0 Å². The maximum atomic E-state index is 12.3. The number of hydrogen-bond acceptors (Lipinski definition) is 4. The lowest BCUT2D eigenvalue weighted by Gasteiger charge is -2.11. The Hall–Kier alpha value is -1.11. The van der Waals surface area contributed by atoms with Gasteiger partial charge in [-0.2, -0.15) is 0 Å². The van der Waals surface area contributed by atoms with Crippen LogP contribution in [-0.2, 0) is 0 Å². The summed E-state index contributed by atoms with van der Waals surface area (Å²) in [5, 5.41) is 12.7. The number of thioether (sulfide) groups is 2. The Morgan fingerprint density at radius 3 is 2.68 bits per heavy atom. The number of benzene rings is 2. The van der Waals surface area contributed by atoms with Gasteiger partial charge in [-0.25, -0.2) is 0 Å². The van der Waals surface area contributed by atoms with Crippen LogP contribution < -0.4 is 5.32 Å². The first kappa shape index (κ1) is 15.8. The number of anilines is 1. The highest BCUT2D eigenvalue weighted by Gasteiger charge is 2.19. The molecule has 0 radical (unpaired) electrons. The molecule has 0 saturated carbocycles. The van der Waals surface area contributed by atoms with Crippen molar-refractivity contribution in [3.8, 4) is 5.75 Å². The van der Waals surface area contributed by atoms with Gasteiger partial charge in [-0.15, -0.1) is 23.5 Å². The Kier molecular flexibility index (Phi) is 5.00. The average molecular weight is 396 g/mol. The van der Waals surface area contributed by atoms with E-state index in [0.717, 1.165) is 10.2 Å². The van der Waals surface area contributed by atoms with Gasteiger partial charge in [0.15, 0.2) is 0 Å². The van der Waals surface area contributed by atoms with E-state index in [4.69, 9.17) is 0 Å². The van der Waals surface area contributed by atoms with Crippen LogP contribution in [0.4, 0.5) is 5.69 Å². The van der Waals surface area contributed by atoms with Crippen LogP contribution in [0.15, 0.2) is 46.9 Å². The molecular weight excluding hydrogens is 382 g/mol. The third-order valence-corrected chi connectivity index (χ3v) is 6.84. The van der Waals surface area contributed by atoms with E-state index in [0.29, 0.717) is 4.58 Å². The minimum Gasteiger partial charge on any atom is -0.507 e. The number of amides is 1. The number of carbonyl (C=O) groups is 1. The minimum atomic E-state index is -0.311. The molecule has 0 spiro atoms. The van der Waals surface area contributed by atoms with Gasteiger partial charge in [0, 0.05) is 21.7 Å². The first-order chi connectivity index (χ1) is 10.6. The standard InChI is InChI=1S/C16H14BrNO2S2/c17-11-4-5-13(14(19)9-11)15(20)18-12-3-1-2-10(8-12)16-21-6-7-22-16/h1-5,8-9,16,19H,6-7H2,(H,18,20). The number of nitrogens with one attached hydrogen (secondary N) is 1. The molecule has 1 amide bonds. The quantitative estimate of drug-likeness (QED) is 0.776. The van der Waals surface area contributed by atoms with Gasteiger partial charge >= 0.3 is 0 Å². The van der Waals surface area contributed by atoms with E-state index in [9.17, 15) is 9.90 Å². The summed E-state index contributed by atoms with van der Waals surface area (Å²) in [5.74, 6) is 1.98. The molecule has 114 valence electrons. The molecule has 0 aliphatic carbocycles. The first-order valence-corrected chi connectivity index (χ1v) is 9.65. The van der Waals surface area contributed by atoms with Gasteiger partial charge in [0.2, 0.25) is 0 Å². The summed E-state index contributed by atoms with van der Waals surface area (Å²) in [6.45, 7) is 0. The fraction of sp³-hybridized carbons (Fsp3) is 0.188. The fourth-order valence-corrected chi connectivity index (χ4v) is 5.40. The number of halogens is 1. The largest absolute Gasteiger partial charge is 0.507 e. The van der Waals surface area contributed by atoms with E-state index < -0.39 is 0 Å². The molecule has 2 N–H and O–H groups in total. The van der Waals surface area contributed by atoms with Crippen LogP contribution in [-0.4, -0.2) is 22.5 Å². The van der Waals surface area contributed by atoms with Crippen molar-refractivity contribution in [1.29, 1.82) is 0 Å². The van der Waals surface area contributed by atoms with Crippen molar-refractivity contribution in [1.82, 2.24) is 0 Å². The summed E-state index contributed by atoms with van der Waals surface area (Å²) < 4.78 is 1.18. The number of phenolic OH excluding ortho intramolecular Hbond substituents is 1. The maximum Gasteiger partial charge on any atom is 0.259 e. The Balaban J connectivity index is 1.77. The van der Waals surface area contributed by atoms with Crippen molar-refractivity contribution in [2.24, 2.45) is 0 Å². The summed E-state index contributed by atoms with van der Waals surface area (Å²) in [7, 11) is 0. The van der Waals surface area contributed by atoms with Crippen LogP contribution in [0.25, 0.3) is 0 Å². The van der Waals surface area contributed by atoms with E-state index in [-0.39, 0.29) is 17.2 Å². The van der Waals surface area contributed by atoms with Crippen molar-refractivity contribution in [3.63, 3.8) is 0 Å². The average Bonchev–Trinajstić information content (AvgIpc) is 3.01. The van der Waals surface area contributed by atoms with Crippen LogP contribution in [0.2, 0.25) is 0 Å². The molecule has 0 aromatic heterocycles. The zero-order chi connectivity index (χ0) is 15.5. The van der Waals surface area contributed by atoms with E-state index >= 15 is 0 Å². The van der Waals surface area contributed by atoms with Gasteiger partial charge in [0.1, 0.15) is 5.75 Å². The number of rotatable bonds is 3. The molecule has 1 saturated heterocycles. The lowest BCUT2D eigenvalue weighted by Crippen LogP contribution is -2.12. The van der Waals surface area contributed by atoms with Crippen LogP contribution in [0.5, 0.6) is 5.75 Å². The van der Waals surface area contributed by atoms with Crippen molar-refractivity contribution < 1.29 is 9.90 Å². The van der Waals surface area contributed by atoms with Crippen molar-refractivity contribution >= 4 is 51.0 Å². The smallest absolute Gasteiger partial charge is 0.259 e. The normalized spacial score (nSPS) is 15.0. The van der Waals surface area contributed by atoms with Gasteiger partial charge in [-0.05, 0) is 35.9 Å². The molecule has 22 heavy (non-hydrogen) atoms. The van der Waals surface area contributed by atoms with E-state index in [2.05, 4.69) is 27.3 Å². The molecule has 0 atom stereocenters. The van der Waals surface area contributed by atoms with Crippen molar-refractivity contribution in [2.75, 3.05) is 16.8 Å². The zero-order valence-corrected chi connectivity index (χ0v) is 14.8. The summed E-state index contributed by atoms with van der Waals surface area (Å²) in [5.41, 5.74) is 2.22. The summed E-state index contributed by atoms with van der Waals surface area (Å²) in [4.78, 5) is 12.3. The first-order valence-electron chi connectivity index (χ1n) is 6.76. The van der Waals surface area contributed by atoms with Gasteiger partial charge in [-0.1, -0.05) is 28.1 Å². The van der Waals surface area contributed by atoms with E-state index in [1.165, 1.54) is 23.1 Å². The van der Waals surface area contributed by atoms with Gasteiger partial charge in [0.25, 0.3) is 5.91 Å². The summed E-state index contributed by atoms with van der Waals surface area (Å²) >= 11 is 7.12. The Bertz CT molecular complexity index is 702. The van der Waals surface area contributed by atoms with Gasteiger partial charge in [-0.3, -0.25) is 4.79 Å². The Morgan fingerprint density at radius 1 is 1.18 bits per heavy atom. The molecule has 1 aliphatic heterocycles. The Morgan fingerprint density at radius 2 is 1.95 bits per heavy atom. The highest BCUT2D eigenvalue weighted by molar-refractivity contribution is 9.10. The van der Waals surface area contributed by atoms with E-state index in [1.807, 2.05) is 41.7 Å². The monoisotopic (exact) mass is 395 g/mol. The minimum absolute atomic E-state index is 0.0371. The number of hydrogen-bond donors (Lipinski definition) is 2. The highest BCUT2D eigenvalue weighted by atomic mass is 79.9. The predicted octanol–water partition coefficient (Wildman–Crippen LogP) is 4.89. The third kappa shape index (κ3) is 3.62. The second kappa shape index (κ2) is 6.98. The molecule has 2 aromatic carbocycles.